The van der Waals surface area contributed by atoms with E-state index in [-0.39, 0.29) is 23.4 Å². The maximum absolute atomic E-state index is 12.7. The van der Waals surface area contributed by atoms with Crippen LogP contribution in [-0.4, -0.2) is 27.8 Å². The number of phenols is 1. The van der Waals surface area contributed by atoms with Gasteiger partial charge in [-0.3, -0.25) is 14.5 Å². The van der Waals surface area contributed by atoms with Gasteiger partial charge < -0.3 is 9.84 Å². The van der Waals surface area contributed by atoms with Crippen LogP contribution in [0.5, 0.6) is 11.5 Å². The summed E-state index contributed by atoms with van der Waals surface area (Å²) in [7, 11) is 0. The lowest BCUT2D eigenvalue weighted by Crippen LogP contribution is -2.27. The third-order valence-corrected chi connectivity index (χ3v) is 6.03. The van der Waals surface area contributed by atoms with E-state index in [1.807, 2.05) is 53.8 Å². The Morgan fingerprint density at radius 2 is 1.96 bits per heavy atom. The first-order chi connectivity index (χ1) is 12.9. The van der Waals surface area contributed by atoms with Crippen molar-refractivity contribution in [1.82, 2.24) is 4.90 Å². The topological polar surface area (TPSA) is 66.8 Å². The maximum atomic E-state index is 12.7. The molecular weight excluding hydrogens is 545 g/mol. The molecule has 1 fully saturated rings. The third kappa shape index (κ3) is 4.67. The van der Waals surface area contributed by atoms with Gasteiger partial charge in [-0.2, -0.15) is 0 Å². The standard InChI is InChI=1S/C19H15BrINO4S/c1-2-26-15-8-12(7-14(21)17(15)23)9-16-18(24)22(19(25)27-16)10-11-3-5-13(20)6-4-11/h3-9,23H,2,10H2,1H3/b16-9-. The molecule has 1 heterocycles. The summed E-state index contributed by atoms with van der Waals surface area (Å²) in [6.45, 7) is 2.47. The zero-order valence-corrected chi connectivity index (χ0v) is 18.8. The van der Waals surface area contributed by atoms with Crippen LogP contribution in [0.15, 0.2) is 45.8 Å². The quantitative estimate of drug-likeness (QED) is 0.393. The van der Waals surface area contributed by atoms with Crippen molar-refractivity contribution in [3.05, 3.63) is 60.5 Å². The van der Waals surface area contributed by atoms with Gasteiger partial charge in [0.15, 0.2) is 11.5 Å². The number of rotatable bonds is 5. The van der Waals surface area contributed by atoms with Gasteiger partial charge in [-0.1, -0.05) is 28.1 Å². The number of amides is 2. The molecule has 5 nitrogen and oxygen atoms in total. The van der Waals surface area contributed by atoms with Crippen molar-refractivity contribution < 1.29 is 19.4 Å². The van der Waals surface area contributed by atoms with E-state index in [2.05, 4.69) is 15.9 Å². The van der Waals surface area contributed by atoms with Crippen LogP contribution >= 0.6 is 50.3 Å². The van der Waals surface area contributed by atoms with E-state index < -0.39 is 0 Å². The summed E-state index contributed by atoms with van der Waals surface area (Å²) in [6.07, 6.45) is 1.65. The Labute approximate surface area is 183 Å². The second kappa shape index (κ2) is 8.66. The lowest BCUT2D eigenvalue weighted by molar-refractivity contribution is -0.123. The zero-order chi connectivity index (χ0) is 19.6. The number of hydrogen-bond donors (Lipinski definition) is 1. The molecule has 1 aliphatic rings. The molecule has 0 aromatic heterocycles. The van der Waals surface area contributed by atoms with Crippen LogP contribution in [0.1, 0.15) is 18.1 Å². The van der Waals surface area contributed by atoms with Crippen molar-refractivity contribution in [3.63, 3.8) is 0 Å². The van der Waals surface area contributed by atoms with E-state index in [0.717, 1.165) is 21.8 Å². The molecule has 2 amide bonds. The minimum Gasteiger partial charge on any atom is -0.504 e. The molecule has 0 bridgehead atoms. The molecule has 1 aliphatic heterocycles. The Hall–Kier alpha value is -1.52. The molecular formula is C19H15BrINO4S. The van der Waals surface area contributed by atoms with Gasteiger partial charge in [-0.25, -0.2) is 0 Å². The largest absolute Gasteiger partial charge is 0.504 e. The molecule has 0 spiro atoms. The average molecular weight is 560 g/mol. The Bertz CT molecular complexity index is 930. The van der Waals surface area contributed by atoms with Gasteiger partial charge in [-0.15, -0.1) is 0 Å². The number of halogens is 2. The van der Waals surface area contributed by atoms with Crippen molar-refractivity contribution in [1.29, 1.82) is 0 Å². The number of carbonyl (C=O) groups excluding carboxylic acids is 2. The van der Waals surface area contributed by atoms with Crippen LogP contribution in [0.4, 0.5) is 4.79 Å². The Morgan fingerprint density at radius 3 is 2.63 bits per heavy atom. The van der Waals surface area contributed by atoms with Gasteiger partial charge >= 0.3 is 0 Å². The van der Waals surface area contributed by atoms with Crippen LogP contribution in [0, 0.1) is 3.57 Å². The van der Waals surface area contributed by atoms with Crippen LogP contribution in [0.3, 0.4) is 0 Å². The van der Waals surface area contributed by atoms with Crippen LogP contribution in [0.25, 0.3) is 6.08 Å². The number of ether oxygens (including phenoxy) is 1. The maximum Gasteiger partial charge on any atom is 0.293 e. The molecule has 8 heteroatoms. The van der Waals surface area contributed by atoms with Crippen molar-refractivity contribution in [2.45, 2.75) is 13.5 Å². The minimum atomic E-state index is -0.325. The fraction of sp³-hybridized carbons (Fsp3) is 0.158. The normalized spacial score (nSPS) is 15.7. The van der Waals surface area contributed by atoms with Crippen molar-refractivity contribution in [2.24, 2.45) is 0 Å². The number of aromatic hydroxyl groups is 1. The van der Waals surface area contributed by atoms with Gasteiger partial charge in [0.25, 0.3) is 11.1 Å². The minimum absolute atomic E-state index is 0.0675. The highest BCUT2D eigenvalue weighted by molar-refractivity contribution is 14.1. The molecule has 0 saturated carbocycles. The molecule has 1 saturated heterocycles. The Balaban J connectivity index is 1.85. The van der Waals surface area contributed by atoms with Gasteiger partial charge in [0.2, 0.25) is 0 Å². The summed E-state index contributed by atoms with van der Waals surface area (Å²) in [5.41, 5.74) is 1.56. The van der Waals surface area contributed by atoms with Gasteiger partial charge in [0.1, 0.15) is 0 Å². The van der Waals surface area contributed by atoms with Gasteiger partial charge in [-0.05, 0) is 82.7 Å². The van der Waals surface area contributed by atoms with Crippen LogP contribution in [0.2, 0.25) is 0 Å². The molecule has 3 rings (SSSR count). The molecule has 140 valence electrons. The first-order valence-electron chi connectivity index (χ1n) is 8.04. The molecule has 27 heavy (non-hydrogen) atoms. The first-order valence-corrected chi connectivity index (χ1v) is 10.7. The summed E-state index contributed by atoms with van der Waals surface area (Å²) in [6, 6.07) is 10.9. The van der Waals surface area contributed by atoms with E-state index in [0.29, 0.717) is 26.4 Å². The second-order valence-electron chi connectivity index (χ2n) is 5.68. The summed E-state index contributed by atoms with van der Waals surface area (Å²) in [5.74, 6) is 0.0941. The molecule has 0 unspecified atom stereocenters. The molecule has 0 radical (unpaired) electrons. The van der Waals surface area contributed by atoms with Crippen molar-refractivity contribution in [3.8, 4) is 11.5 Å². The molecule has 0 atom stereocenters. The number of benzene rings is 2. The van der Waals surface area contributed by atoms with Gasteiger partial charge in [0.05, 0.1) is 21.6 Å². The summed E-state index contributed by atoms with van der Waals surface area (Å²) < 4.78 is 6.97. The van der Waals surface area contributed by atoms with Crippen molar-refractivity contribution in [2.75, 3.05) is 6.61 Å². The van der Waals surface area contributed by atoms with E-state index in [1.165, 1.54) is 4.90 Å². The smallest absolute Gasteiger partial charge is 0.293 e. The van der Waals surface area contributed by atoms with E-state index in [4.69, 9.17) is 4.74 Å². The van der Waals surface area contributed by atoms with Crippen LogP contribution < -0.4 is 4.74 Å². The Kier molecular flexibility index (Phi) is 6.48. The van der Waals surface area contributed by atoms with Crippen LogP contribution in [-0.2, 0) is 11.3 Å². The van der Waals surface area contributed by atoms with E-state index in [1.54, 1.807) is 18.2 Å². The lowest BCUT2D eigenvalue weighted by Gasteiger charge is -2.12. The third-order valence-electron chi connectivity index (χ3n) is 3.78. The second-order valence-corrected chi connectivity index (χ2v) is 8.75. The molecule has 2 aromatic carbocycles. The predicted octanol–water partition coefficient (Wildman–Crippen LogP) is 5.39. The predicted molar refractivity (Wildman–Crippen MR) is 118 cm³/mol. The molecule has 1 N–H and O–H groups in total. The Morgan fingerprint density at radius 1 is 1.26 bits per heavy atom. The van der Waals surface area contributed by atoms with E-state index in [9.17, 15) is 14.7 Å². The highest BCUT2D eigenvalue weighted by Gasteiger charge is 2.35. The molecule has 2 aromatic rings. The first kappa shape index (κ1) is 20.2. The number of phenolic OH excluding ortho intramolecular Hbond substituents is 1. The lowest BCUT2D eigenvalue weighted by atomic mass is 10.1. The highest BCUT2D eigenvalue weighted by Crippen LogP contribution is 2.37. The summed E-state index contributed by atoms with van der Waals surface area (Å²) in [5, 5.41) is 9.74. The van der Waals surface area contributed by atoms with Crippen molar-refractivity contribution >= 4 is 67.5 Å². The van der Waals surface area contributed by atoms with E-state index >= 15 is 0 Å². The number of carbonyl (C=O) groups is 2. The van der Waals surface area contributed by atoms with Gasteiger partial charge in [0, 0.05) is 4.47 Å². The summed E-state index contributed by atoms with van der Waals surface area (Å²) in [4.78, 5) is 26.6. The highest BCUT2D eigenvalue weighted by atomic mass is 127. The number of imide groups is 1. The molecule has 0 aliphatic carbocycles. The fourth-order valence-corrected chi connectivity index (χ4v) is 4.23. The monoisotopic (exact) mass is 559 g/mol. The fourth-order valence-electron chi connectivity index (χ4n) is 2.50. The zero-order valence-electron chi connectivity index (χ0n) is 14.2. The number of hydrogen-bond acceptors (Lipinski definition) is 5. The SMILES string of the molecule is CCOc1cc(/C=C2\SC(=O)N(Cc3ccc(Br)cc3)C2=O)cc(I)c1O. The number of nitrogens with zero attached hydrogens (tertiary/aromatic N) is 1. The average Bonchev–Trinajstić information content (AvgIpc) is 2.88. The summed E-state index contributed by atoms with van der Waals surface area (Å²) >= 11 is 6.28. The number of thioether (sulfide) groups is 1.